The second kappa shape index (κ2) is 6.56. The maximum absolute atomic E-state index is 12.7. The summed E-state index contributed by atoms with van der Waals surface area (Å²) in [5, 5.41) is 24.9. The van der Waals surface area contributed by atoms with E-state index in [1.54, 1.807) is 51.2 Å². The van der Waals surface area contributed by atoms with E-state index in [-0.39, 0.29) is 18.6 Å². The Morgan fingerprint density at radius 3 is 2.96 bits per heavy atom. The van der Waals surface area contributed by atoms with E-state index in [0.29, 0.717) is 17.9 Å². The van der Waals surface area contributed by atoms with Gasteiger partial charge in [0.25, 0.3) is 0 Å². The number of carbonyl (C=O) groups excluding carboxylic acids is 1. The normalized spacial score (nSPS) is 19.7. The fourth-order valence-electron chi connectivity index (χ4n) is 3.06. The van der Waals surface area contributed by atoms with E-state index in [1.807, 2.05) is 13.2 Å². The molecule has 134 valence electrons. The van der Waals surface area contributed by atoms with Crippen molar-refractivity contribution in [2.24, 2.45) is 7.05 Å². The Bertz CT molecular complexity index is 907. The minimum Gasteiger partial charge on any atom is -0.389 e. The van der Waals surface area contributed by atoms with Crippen LogP contribution in [0.2, 0.25) is 0 Å². The Morgan fingerprint density at radius 2 is 2.23 bits per heavy atom. The molecular weight excluding hydrogens is 336 g/mol. The van der Waals surface area contributed by atoms with Crippen LogP contribution in [0.1, 0.15) is 6.04 Å². The molecule has 0 unspecified atom stereocenters. The lowest BCUT2D eigenvalue weighted by Crippen LogP contribution is -2.34. The number of rotatable bonds is 3. The average Bonchev–Trinajstić information content (AvgIpc) is 3.36. The van der Waals surface area contributed by atoms with Crippen molar-refractivity contribution in [2.45, 2.75) is 12.1 Å². The highest BCUT2D eigenvalue weighted by atomic mass is 16.3. The van der Waals surface area contributed by atoms with E-state index in [0.717, 1.165) is 5.56 Å². The fraction of sp³-hybridized carbons (Fsp3) is 0.312. The SMILES string of the molecule is Cn1cc(-c2ncccc2NC(=O)N2C[C@@H](O)[C@H](n3ccnn3)C2)cn1. The molecule has 2 amide bonds. The van der Waals surface area contributed by atoms with Gasteiger partial charge in [-0.15, -0.1) is 5.10 Å². The molecule has 4 heterocycles. The maximum Gasteiger partial charge on any atom is 0.322 e. The highest BCUT2D eigenvalue weighted by molar-refractivity contribution is 5.93. The number of pyridine rings is 1. The minimum absolute atomic E-state index is 0.221. The molecule has 26 heavy (non-hydrogen) atoms. The molecule has 0 saturated carbocycles. The van der Waals surface area contributed by atoms with Crippen molar-refractivity contribution in [3.8, 4) is 11.3 Å². The third-order valence-electron chi connectivity index (χ3n) is 4.35. The predicted molar refractivity (Wildman–Crippen MR) is 92.1 cm³/mol. The molecule has 2 atom stereocenters. The number of nitrogens with one attached hydrogen (secondary N) is 1. The average molecular weight is 354 g/mol. The Morgan fingerprint density at radius 1 is 1.35 bits per heavy atom. The first-order chi connectivity index (χ1) is 12.6. The molecule has 4 rings (SSSR count). The molecule has 10 nitrogen and oxygen atoms in total. The van der Waals surface area contributed by atoms with Crippen molar-refractivity contribution in [2.75, 3.05) is 18.4 Å². The molecule has 1 fully saturated rings. The molecule has 2 N–H and O–H groups in total. The van der Waals surface area contributed by atoms with Crippen LogP contribution < -0.4 is 5.32 Å². The summed E-state index contributed by atoms with van der Waals surface area (Å²) in [6, 6.07) is 2.93. The summed E-state index contributed by atoms with van der Waals surface area (Å²) < 4.78 is 3.25. The van der Waals surface area contributed by atoms with Gasteiger partial charge in [0.1, 0.15) is 0 Å². The summed E-state index contributed by atoms with van der Waals surface area (Å²) in [7, 11) is 1.82. The predicted octanol–water partition coefficient (Wildman–Crippen LogP) is 0.523. The van der Waals surface area contributed by atoms with Gasteiger partial charge in [-0.25, -0.2) is 9.48 Å². The van der Waals surface area contributed by atoms with E-state index >= 15 is 0 Å². The van der Waals surface area contributed by atoms with Crippen LogP contribution in [0, 0.1) is 0 Å². The van der Waals surface area contributed by atoms with E-state index in [1.165, 1.54) is 0 Å². The molecule has 0 aromatic carbocycles. The van der Waals surface area contributed by atoms with Crippen LogP contribution >= 0.6 is 0 Å². The summed E-state index contributed by atoms with van der Waals surface area (Å²) in [5.74, 6) is 0. The van der Waals surface area contributed by atoms with Crippen LogP contribution in [0.4, 0.5) is 10.5 Å². The quantitative estimate of drug-likeness (QED) is 0.709. The summed E-state index contributed by atoms with van der Waals surface area (Å²) in [5.41, 5.74) is 2.04. The van der Waals surface area contributed by atoms with Crippen molar-refractivity contribution < 1.29 is 9.90 Å². The van der Waals surface area contributed by atoms with E-state index in [9.17, 15) is 9.90 Å². The van der Waals surface area contributed by atoms with Gasteiger partial charge in [-0.3, -0.25) is 9.67 Å². The van der Waals surface area contributed by atoms with Crippen molar-refractivity contribution in [1.29, 1.82) is 0 Å². The van der Waals surface area contributed by atoms with Crippen molar-refractivity contribution in [1.82, 2.24) is 34.7 Å². The topological polar surface area (TPSA) is 114 Å². The molecule has 1 saturated heterocycles. The first-order valence-electron chi connectivity index (χ1n) is 8.15. The minimum atomic E-state index is -0.700. The van der Waals surface area contributed by atoms with Crippen LogP contribution in [0.15, 0.2) is 43.1 Å². The molecule has 1 aliphatic heterocycles. The zero-order valence-electron chi connectivity index (χ0n) is 14.1. The summed E-state index contributed by atoms with van der Waals surface area (Å²) in [6.07, 6.45) is 7.71. The Kier molecular flexibility index (Phi) is 4.09. The van der Waals surface area contributed by atoms with Gasteiger partial charge < -0.3 is 15.3 Å². The van der Waals surface area contributed by atoms with Gasteiger partial charge >= 0.3 is 6.03 Å². The Labute approximate surface area is 149 Å². The van der Waals surface area contributed by atoms with Crippen molar-refractivity contribution >= 4 is 11.7 Å². The van der Waals surface area contributed by atoms with Crippen LogP contribution in [-0.2, 0) is 7.05 Å². The third kappa shape index (κ3) is 3.02. The van der Waals surface area contributed by atoms with Crippen molar-refractivity contribution in [3.05, 3.63) is 43.1 Å². The van der Waals surface area contributed by atoms with E-state index in [4.69, 9.17) is 0 Å². The fourth-order valence-corrected chi connectivity index (χ4v) is 3.06. The standard InChI is InChI=1S/C16H18N8O2/c1-22-8-11(7-19-22)15-12(3-2-4-17-15)20-16(26)23-9-13(14(25)10-23)24-6-5-18-21-24/h2-8,13-14,25H,9-10H2,1H3,(H,20,26)/t13-,14-/m1/s1. The van der Waals surface area contributed by atoms with Crippen LogP contribution in [-0.4, -0.2) is 65.0 Å². The molecular formula is C16H18N8O2. The first-order valence-corrected chi connectivity index (χ1v) is 8.15. The number of β-amino-alcohol motifs (C(OH)–C–C–N with tert-alkyl or cyclic N) is 1. The molecule has 10 heteroatoms. The number of hydrogen-bond acceptors (Lipinski definition) is 6. The summed E-state index contributed by atoms with van der Waals surface area (Å²) in [6.45, 7) is 0.567. The number of hydrogen-bond donors (Lipinski definition) is 2. The van der Waals surface area contributed by atoms with Gasteiger partial charge in [-0.05, 0) is 12.1 Å². The number of urea groups is 1. The molecule has 0 radical (unpaired) electrons. The largest absolute Gasteiger partial charge is 0.389 e. The monoisotopic (exact) mass is 354 g/mol. The summed E-state index contributed by atoms with van der Waals surface area (Å²) >= 11 is 0. The smallest absolute Gasteiger partial charge is 0.322 e. The molecule has 3 aromatic rings. The van der Waals surface area contributed by atoms with Gasteiger partial charge in [0, 0.05) is 37.7 Å². The van der Waals surface area contributed by atoms with Gasteiger partial charge in [-0.2, -0.15) is 5.10 Å². The molecule has 1 aliphatic rings. The van der Waals surface area contributed by atoms with Crippen molar-refractivity contribution in [3.63, 3.8) is 0 Å². The molecule has 3 aromatic heterocycles. The molecule has 0 spiro atoms. The zero-order valence-corrected chi connectivity index (χ0v) is 14.1. The second-order valence-electron chi connectivity index (χ2n) is 6.16. The summed E-state index contributed by atoms with van der Waals surface area (Å²) in [4.78, 5) is 18.6. The second-order valence-corrected chi connectivity index (χ2v) is 6.16. The number of anilines is 1. The number of likely N-dealkylation sites (tertiary alicyclic amines) is 1. The number of aromatic nitrogens is 6. The number of aliphatic hydroxyl groups is 1. The van der Waals surface area contributed by atoms with Crippen LogP contribution in [0.3, 0.4) is 0 Å². The van der Waals surface area contributed by atoms with Gasteiger partial charge in [-0.1, -0.05) is 5.21 Å². The van der Waals surface area contributed by atoms with E-state index < -0.39 is 6.10 Å². The van der Waals surface area contributed by atoms with Gasteiger partial charge in [0.15, 0.2) is 0 Å². The number of aliphatic hydroxyl groups excluding tert-OH is 1. The highest BCUT2D eigenvalue weighted by Gasteiger charge is 2.36. The Hall–Kier alpha value is -3.27. The maximum atomic E-state index is 12.7. The number of carbonyl (C=O) groups is 1. The lowest BCUT2D eigenvalue weighted by Gasteiger charge is -2.18. The number of nitrogens with zero attached hydrogens (tertiary/aromatic N) is 7. The number of aryl methyl sites for hydroxylation is 1. The third-order valence-corrected chi connectivity index (χ3v) is 4.35. The highest BCUT2D eigenvalue weighted by Crippen LogP contribution is 2.26. The first kappa shape index (κ1) is 16.2. The lowest BCUT2D eigenvalue weighted by atomic mass is 10.2. The lowest BCUT2D eigenvalue weighted by molar-refractivity contribution is 0.139. The van der Waals surface area contributed by atoms with E-state index in [2.05, 4.69) is 25.7 Å². The molecule has 0 bridgehead atoms. The zero-order chi connectivity index (χ0) is 18.1. The number of amides is 2. The van der Waals surface area contributed by atoms with Crippen LogP contribution in [0.25, 0.3) is 11.3 Å². The van der Waals surface area contributed by atoms with Gasteiger partial charge in [0.2, 0.25) is 0 Å². The van der Waals surface area contributed by atoms with Gasteiger partial charge in [0.05, 0.1) is 42.5 Å². The molecule has 0 aliphatic carbocycles. The Balaban J connectivity index is 1.51. The van der Waals surface area contributed by atoms with Crippen LogP contribution in [0.5, 0.6) is 0 Å².